The van der Waals surface area contributed by atoms with Crippen molar-refractivity contribution in [2.75, 3.05) is 13.9 Å². The molecule has 1 aliphatic heterocycles. The van der Waals surface area contributed by atoms with E-state index in [1.54, 1.807) is 7.11 Å². The highest BCUT2D eigenvalue weighted by Gasteiger charge is 2.17. The maximum Gasteiger partial charge on any atom is 0.231 e. The molecule has 0 saturated carbocycles. The van der Waals surface area contributed by atoms with E-state index in [-0.39, 0.29) is 0 Å². The second-order valence-corrected chi connectivity index (χ2v) is 4.05. The molecular weight excluding hydrogens is 206 g/mol. The van der Waals surface area contributed by atoms with E-state index in [1.807, 2.05) is 12.1 Å². The van der Waals surface area contributed by atoms with Gasteiger partial charge in [0, 0.05) is 24.2 Å². The standard InChI is InChI=1S/C12H17NO3/c1-8(2)13-6-9-4-11-12(16-7-15-11)5-10(9)14-3/h4-5,8,13H,6-7H2,1-3H3. The quantitative estimate of drug-likeness (QED) is 0.846. The van der Waals surface area contributed by atoms with E-state index < -0.39 is 0 Å². The number of hydrogen-bond donors (Lipinski definition) is 1. The van der Waals surface area contributed by atoms with Crippen LogP contribution in [-0.4, -0.2) is 19.9 Å². The van der Waals surface area contributed by atoms with Gasteiger partial charge in [0.1, 0.15) is 5.75 Å². The third-order valence-corrected chi connectivity index (χ3v) is 2.48. The fourth-order valence-corrected chi connectivity index (χ4v) is 1.61. The summed E-state index contributed by atoms with van der Waals surface area (Å²) in [6, 6.07) is 4.28. The van der Waals surface area contributed by atoms with Crippen LogP contribution in [0.25, 0.3) is 0 Å². The fraction of sp³-hybridized carbons (Fsp3) is 0.500. The Morgan fingerprint density at radius 1 is 1.31 bits per heavy atom. The van der Waals surface area contributed by atoms with Gasteiger partial charge in [-0.1, -0.05) is 13.8 Å². The lowest BCUT2D eigenvalue weighted by molar-refractivity contribution is 0.174. The summed E-state index contributed by atoms with van der Waals surface area (Å²) in [4.78, 5) is 0. The summed E-state index contributed by atoms with van der Waals surface area (Å²) in [5.74, 6) is 2.38. The van der Waals surface area contributed by atoms with E-state index in [0.717, 1.165) is 29.4 Å². The van der Waals surface area contributed by atoms with Crippen LogP contribution in [0.5, 0.6) is 17.2 Å². The average molecular weight is 223 g/mol. The Labute approximate surface area is 95.5 Å². The van der Waals surface area contributed by atoms with Gasteiger partial charge in [-0.2, -0.15) is 0 Å². The van der Waals surface area contributed by atoms with Crippen molar-refractivity contribution >= 4 is 0 Å². The molecule has 4 nitrogen and oxygen atoms in total. The topological polar surface area (TPSA) is 39.7 Å². The molecule has 1 heterocycles. The van der Waals surface area contributed by atoms with Gasteiger partial charge >= 0.3 is 0 Å². The normalized spacial score (nSPS) is 13.2. The summed E-state index contributed by atoms with van der Waals surface area (Å²) in [7, 11) is 1.66. The average Bonchev–Trinajstić information content (AvgIpc) is 2.71. The molecule has 0 saturated heterocycles. The molecule has 4 heteroatoms. The summed E-state index contributed by atoms with van der Waals surface area (Å²) >= 11 is 0. The van der Waals surface area contributed by atoms with Gasteiger partial charge in [-0.05, 0) is 6.07 Å². The van der Waals surface area contributed by atoms with E-state index >= 15 is 0 Å². The van der Waals surface area contributed by atoms with Crippen LogP contribution in [-0.2, 0) is 6.54 Å². The van der Waals surface area contributed by atoms with E-state index in [1.165, 1.54) is 0 Å². The summed E-state index contributed by atoms with van der Waals surface area (Å²) in [5.41, 5.74) is 1.08. The summed E-state index contributed by atoms with van der Waals surface area (Å²) in [6.07, 6.45) is 0. The van der Waals surface area contributed by atoms with Gasteiger partial charge in [0.25, 0.3) is 0 Å². The van der Waals surface area contributed by atoms with E-state index in [2.05, 4.69) is 19.2 Å². The molecule has 1 aliphatic rings. The minimum absolute atomic E-state index is 0.291. The van der Waals surface area contributed by atoms with Crippen molar-refractivity contribution in [3.8, 4) is 17.2 Å². The lowest BCUT2D eigenvalue weighted by Crippen LogP contribution is -2.22. The molecule has 0 aliphatic carbocycles. The maximum absolute atomic E-state index is 5.34. The van der Waals surface area contributed by atoms with Crippen molar-refractivity contribution in [3.05, 3.63) is 17.7 Å². The molecule has 0 atom stereocenters. The Morgan fingerprint density at radius 2 is 2.00 bits per heavy atom. The Morgan fingerprint density at radius 3 is 2.62 bits per heavy atom. The number of benzene rings is 1. The van der Waals surface area contributed by atoms with Gasteiger partial charge < -0.3 is 19.5 Å². The Hall–Kier alpha value is -1.42. The van der Waals surface area contributed by atoms with Gasteiger partial charge in [-0.15, -0.1) is 0 Å². The first kappa shape index (κ1) is 11.1. The highest BCUT2D eigenvalue weighted by molar-refractivity contribution is 5.51. The molecule has 88 valence electrons. The molecule has 0 unspecified atom stereocenters. The largest absolute Gasteiger partial charge is 0.496 e. The van der Waals surface area contributed by atoms with Crippen molar-refractivity contribution in [1.29, 1.82) is 0 Å². The summed E-state index contributed by atoms with van der Waals surface area (Å²) in [5, 5.41) is 3.35. The van der Waals surface area contributed by atoms with Crippen LogP contribution in [0, 0.1) is 0 Å². The number of methoxy groups -OCH3 is 1. The molecule has 0 fully saturated rings. The maximum atomic E-state index is 5.34. The van der Waals surface area contributed by atoms with Gasteiger partial charge in [0.2, 0.25) is 6.79 Å². The zero-order valence-electron chi connectivity index (χ0n) is 9.87. The SMILES string of the molecule is COc1cc2c(cc1CNC(C)C)OCO2. The predicted molar refractivity (Wildman–Crippen MR) is 61.1 cm³/mol. The second kappa shape index (κ2) is 4.61. The molecule has 0 spiro atoms. The molecule has 1 aromatic carbocycles. The molecule has 0 aromatic heterocycles. The molecule has 2 rings (SSSR count). The van der Waals surface area contributed by atoms with E-state index in [4.69, 9.17) is 14.2 Å². The number of rotatable bonds is 4. The van der Waals surface area contributed by atoms with Crippen molar-refractivity contribution in [3.63, 3.8) is 0 Å². The zero-order chi connectivity index (χ0) is 11.5. The van der Waals surface area contributed by atoms with E-state index in [9.17, 15) is 0 Å². The lowest BCUT2D eigenvalue weighted by Gasteiger charge is -2.12. The minimum atomic E-state index is 0.291. The van der Waals surface area contributed by atoms with Gasteiger partial charge in [-0.25, -0.2) is 0 Å². The van der Waals surface area contributed by atoms with Crippen LogP contribution in [0.1, 0.15) is 19.4 Å². The molecule has 0 bridgehead atoms. The van der Waals surface area contributed by atoms with Crippen LogP contribution in [0.4, 0.5) is 0 Å². The van der Waals surface area contributed by atoms with Crippen molar-refractivity contribution in [2.45, 2.75) is 26.4 Å². The van der Waals surface area contributed by atoms with Crippen LogP contribution >= 0.6 is 0 Å². The summed E-state index contributed by atoms with van der Waals surface area (Å²) < 4.78 is 16.0. The summed E-state index contributed by atoms with van der Waals surface area (Å²) in [6.45, 7) is 5.27. The monoisotopic (exact) mass is 223 g/mol. The second-order valence-electron chi connectivity index (χ2n) is 4.05. The Balaban J connectivity index is 2.22. The van der Waals surface area contributed by atoms with Crippen LogP contribution < -0.4 is 19.5 Å². The van der Waals surface area contributed by atoms with Crippen LogP contribution in [0.3, 0.4) is 0 Å². The third kappa shape index (κ3) is 2.22. The predicted octanol–water partition coefficient (Wildman–Crippen LogP) is 1.92. The first-order valence-electron chi connectivity index (χ1n) is 5.40. The number of ether oxygens (including phenoxy) is 3. The lowest BCUT2D eigenvalue weighted by atomic mass is 10.1. The molecule has 0 amide bonds. The van der Waals surface area contributed by atoms with Crippen LogP contribution in [0.15, 0.2) is 12.1 Å². The Bertz CT molecular complexity index is 377. The molecule has 1 N–H and O–H groups in total. The van der Waals surface area contributed by atoms with E-state index in [0.29, 0.717) is 12.8 Å². The molecular formula is C12H17NO3. The smallest absolute Gasteiger partial charge is 0.231 e. The van der Waals surface area contributed by atoms with Gasteiger partial charge in [0.05, 0.1) is 7.11 Å². The number of hydrogen-bond acceptors (Lipinski definition) is 4. The zero-order valence-corrected chi connectivity index (χ0v) is 9.87. The van der Waals surface area contributed by atoms with Crippen molar-refractivity contribution in [2.24, 2.45) is 0 Å². The van der Waals surface area contributed by atoms with Gasteiger partial charge in [-0.3, -0.25) is 0 Å². The highest BCUT2D eigenvalue weighted by atomic mass is 16.7. The van der Waals surface area contributed by atoms with Crippen molar-refractivity contribution < 1.29 is 14.2 Å². The molecule has 0 radical (unpaired) electrons. The first-order valence-corrected chi connectivity index (χ1v) is 5.40. The minimum Gasteiger partial charge on any atom is -0.496 e. The van der Waals surface area contributed by atoms with Gasteiger partial charge in [0.15, 0.2) is 11.5 Å². The number of nitrogens with one attached hydrogen (secondary N) is 1. The fourth-order valence-electron chi connectivity index (χ4n) is 1.61. The number of fused-ring (bicyclic) bond motifs is 1. The van der Waals surface area contributed by atoms with Crippen molar-refractivity contribution in [1.82, 2.24) is 5.32 Å². The first-order chi connectivity index (χ1) is 7.70. The molecule has 1 aromatic rings. The molecule has 16 heavy (non-hydrogen) atoms. The van der Waals surface area contributed by atoms with Crippen LogP contribution in [0.2, 0.25) is 0 Å². The highest BCUT2D eigenvalue weighted by Crippen LogP contribution is 2.37. The third-order valence-electron chi connectivity index (χ3n) is 2.48. The Kier molecular flexibility index (Phi) is 3.19.